The number of benzene rings is 1. The van der Waals surface area contributed by atoms with Crippen LogP contribution < -0.4 is 4.72 Å². The third kappa shape index (κ3) is 2.71. The van der Waals surface area contributed by atoms with Crippen LogP contribution in [0.15, 0.2) is 29.4 Å². The number of hydrogen-bond acceptors (Lipinski definition) is 4. The Kier molecular flexibility index (Phi) is 3.39. The number of aromatic nitrogens is 3. The lowest BCUT2D eigenvalue weighted by atomic mass is 10.2. The molecule has 2 aromatic rings. The van der Waals surface area contributed by atoms with Crippen LogP contribution in [0.5, 0.6) is 0 Å². The van der Waals surface area contributed by atoms with Crippen LogP contribution in [0.1, 0.15) is 11.4 Å². The molecule has 18 heavy (non-hydrogen) atoms. The molecule has 0 aliphatic heterocycles. The number of nitrogens with one attached hydrogen (secondary N) is 2. The molecule has 6 nitrogen and oxygen atoms in total. The largest absolute Gasteiger partial charge is 0.262 e. The number of halogens is 1. The first kappa shape index (κ1) is 12.7. The van der Waals surface area contributed by atoms with Crippen LogP contribution in [0, 0.1) is 12.7 Å². The van der Waals surface area contributed by atoms with Crippen LogP contribution in [-0.4, -0.2) is 23.6 Å². The van der Waals surface area contributed by atoms with E-state index in [1.54, 1.807) is 6.92 Å². The molecular weight excluding hydrogens is 259 g/mol. The van der Waals surface area contributed by atoms with E-state index in [9.17, 15) is 12.8 Å². The van der Waals surface area contributed by atoms with Crippen molar-refractivity contribution in [3.63, 3.8) is 0 Å². The lowest BCUT2D eigenvalue weighted by molar-refractivity contribution is 0.574. The Labute approximate surface area is 103 Å². The molecule has 0 aliphatic rings. The maximum Gasteiger partial charge on any atom is 0.241 e. The summed E-state index contributed by atoms with van der Waals surface area (Å²) >= 11 is 0. The van der Waals surface area contributed by atoms with Crippen LogP contribution in [0.3, 0.4) is 0 Å². The molecule has 0 bridgehead atoms. The smallest absolute Gasteiger partial charge is 0.241 e. The second kappa shape index (κ2) is 4.83. The van der Waals surface area contributed by atoms with E-state index < -0.39 is 15.8 Å². The average molecular weight is 270 g/mol. The van der Waals surface area contributed by atoms with Gasteiger partial charge in [-0.15, -0.1) is 0 Å². The molecule has 0 fully saturated rings. The lowest BCUT2D eigenvalue weighted by Gasteiger charge is -2.06. The fourth-order valence-electron chi connectivity index (χ4n) is 1.30. The SMILES string of the molecule is Cc1ccc(S(=O)(=O)NCc2ncn[nH]2)cc1F. The van der Waals surface area contributed by atoms with Crippen molar-refractivity contribution in [1.82, 2.24) is 19.9 Å². The predicted molar refractivity (Wildman–Crippen MR) is 61.5 cm³/mol. The fraction of sp³-hybridized carbons (Fsp3) is 0.200. The third-order valence-electron chi connectivity index (χ3n) is 2.35. The van der Waals surface area contributed by atoms with Crippen LogP contribution in [-0.2, 0) is 16.6 Å². The summed E-state index contributed by atoms with van der Waals surface area (Å²) in [6.07, 6.45) is 1.27. The molecule has 0 amide bonds. The highest BCUT2D eigenvalue weighted by Crippen LogP contribution is 2.14. The fourth-order valence-corrected chi connectivity index (χ4v) is 2.30. The van der Waals surface area contributed by atoms with Crippen LogP contribution >= 0.6 is 0 Å². The van der Waals surface area contributed by atoms with Crippen molar-refractivity contribution in [2.75, 3.05) is 0 Å². The van der Waals surface area contributed by atoms with E-state index in [1.807, 2.05) is 0 Å². The second-order valence-corrected chi connectivity index (χ2v) is 5.43. The number of nitrogens with zero attached hydrogens (tertiary/aromatic N) is 2. The first-order valence-corrected chi connectivity index (χ1v) is 6.57. The molecule has 1 aromatic carbocycles. The molecule has 1 aromatic heterocycles. The number of sulfonamides is 1. The molecule has 96 valence electrons. The first-order chi connectivity index (χ1) is 8.49. The molecule has 0 spiro atoms. The molecular formula is C10H11FN4O2S. The van der Waals surface area contributed by atoms with E-state index in [0.29, 0.717) is 11.4 Å². The summed E-state index contributed by atoms with van der Waals surface area (Å²) < 4.78 is 39.3. The van der Waals surface area contributed by atoms with E-state index >= 15 is 0 Å². The summed E-state index contributed by atoms with van der Waals surface area (Å²) in [7, 11) is -3.75. The zero-order chi connectivity index (χ0) is 13.2. The van der Waals surface area contributed by atoms with Gasteiger partial charge in [0.1, 0.15) is 18.0 Å². The Balaban J connectivity index is 2.17. The van der Waals surface area contributed by atoms with Crippen molar-refractivity contribution < 1.29 is 12.8 Å². The van der Waals surface area contributed by atoms with Gasteiger partial charge in [0.05, 0.1) is 11.4 Å². The second-order valence-electron chi connectivity index (χ2n) is 3.67. The quantitative estimate of drug-likeness (QED) is 0.857. The molecule has 0 saturated heterocycles. The lowest BCUT2D eigenvalue weighted by Crippen LogP contribution is -2.24. The monoisotopic (exact) mass is 270 g/mol. The zero-order valence-corrected chi connectivity index (χ0v) is 10.3. The summed E-state index contributed by atoms with van der Waals surface area (Å²) in [6.45, 7) is 1.53. The average Bonchev–Trinajstić information content (AvgIpc) is 2.83. The minimum Gasteiger partial charge on any atom is -0.262 e. The predicted octanol–water partition coefficient (Wildman–Crippen LogP) is 0.731. The van der Waals surface area contributed by atoms with Gasteiger partial charge in [0.25, 0.3) is 0 Å². The number of aromatic amines is 1. The normalized spacial score (nSPS) is 11.7. The Bertz CT molecular complexity index is 640. The summed E-state index contributed by atoms with van der Waals surface area (Å²) in [5.41, 5.74) is 0.393. The maximum atomic E-state index is 13.3. The van der Waals surface area contributed by atoms with Crippen LogP contribution in [0.2, 0.25) is 0 Å². The van der Waals surface area contributed by atoms with Gasteiger partial charge in [-0.25, -0.2) is 22.5 Å². The molecule has 0 saturated carbocycles. The number of hydrogen-bond donors (Lipinski definition) is 2. The third-order valence-corrected chi connectivity index (χ3v) is 3.75. The first-order valence-electron chi connectivity index (χ1n) is 5.09. The molecule has 2 N–H and O–H groups in total. The van der Waals surface area contributed by atoms with Crippen molar-refractivity contribution >= 4 is 10.0 Å². The summed E-state index contributed by atoms with van der Waals surface area (Å²) in [6, 6.07) is 3.75. The van der Waals surface area contributed by atoms with Gasteiger partial charge in [-0.3, -0.25) is 5.10 Å². The summed E-state index contributed by atoms with van der Waals surface area (Å²) in [4.78, 5) is 3.66. The molecule has 0 unspecified atom stereocenters. The van der Waals surface area contributed by atoms with E-state index in [-0.39, 0.29) is 11.4 Å². The van der Waals surface area contributed by atoms with E-state index in [0.717, 1.165) is 6.07 Å². The maximum absolute atomic E-state index is 13.3. The molecule has 0 atom stereocenters. The van der Waals surface area contributed by atoms with Gasteiger partial charge in [0.2, 0.25) is 10.0 Å². The highest BCUT2D eigenvalue weighted by molar-refractivity contribution is 7.89. The van der Waals surface area contributed by atoms with Crippen molar-refractivity contribution in [3.05, 3.63) is 41.7 Å². The Morgan fingerprint density at radius 1 is 1.44 bits per heavy atom. The molecule has 0 aliphatic carbocycles. The van der Waals surface area contributed by atoms with Crippen molar-refractivity contribution in [2.24, 2.45) is 0 Å². The number of rotatable bonds is 4. The highest BCUT2D eigenvalue weighted by Gasteiger charge is 2.15. The minimum absolute atomic E-state index is 0.0299. The Morgan fingerprint density at radius 3 is 2.83 bits per heavy atom. The Hall–Kier alpha value is -1.80. The minimum atomic E-state index is -3.75. The van der Waals surface area contributed by atoms with Gasteiger partial charge in [-0.1, -0.05) is 6.07 Å². The van der Waals surface area contributed by atoms with Crippen molar-refractivity contribution in [3.8, 4) is 0 Å². The molecule has 8 heteroatoms. The standard InChI is InChI=1S/C10H11FN4O2S/c1-7-2-3-8(4-9(7)11)18(16,17)14-5-10-12-6-13-15-10/h2-4,6,14H,5H2,1H3,(H,12,13,15). The number of H-pyrrole nitrogens is 1. The van der Waals surface area contributed by atoms with Gasteiger partial charge in [-0.2, -0.15) is 5.10 Å². The molecule has 1 heterocycles. The van der Waals surface area contributed by atoms with Crippen molar-refractivity contribution in [1.29, 1.82) is 0 Å². The number of aryl methyl sites for hydroxylation is 1. The van der Waals surface area contributed by atoms with E-state index in [4.69, 9.17) is 0 Å². The van der Waals surface area contributed by atoms with Gasteiger partial charge < -0.3 is 0 Å². The van der Waals surface area contributed by atoms with Gasteiger partial charge in [-0.05, 0) is 24.6 Å². The van der Waals surface area contributed by atoms with Gasteiger partial charge in [0.15, 0.2) is 0 Å². The van der Waals surface area contributed by atoms with Crippen LogP contribution in [0.25, 0.3) is 0 Å². The summed E-state index contributed by atoms with van der Waals surface area (Å²) in [5, 5.41) is 6.11. The molecule has 0 radical (unpaired) electrons. The molecule has 2 rings (SSSR count). The van der Waals surface area contributed by atoms with E-state index in [1.165, 1.54) is 18.5 Å². The highest BCUT2D eigenvalue weighted by atomic mass is 32.2. The van der Waals surface area contributed by atoms with Crippen molar-refractivity contribution in [2.45, 2.75) is 18.4 Å². The van der Waals surface area contributed by atoms with Gasteiger partial charge in [0, 0.05) is 0 Å². The Morgan fingerprint density at radius 2 is 2.22 bits per heavy atom. The van der Waals surface area contributed by atoms with Gasteiger partial charge >= 0.3 is 0 Å². The zero-order valence-electron chi connectivity index (χ0n) is 9.51. The summed E-state index contributed by atoms with van der Waals surface area (Å²) in [5.74, 6) is -0.177. The van der Waals surface area contributed by atoms with Crippen LogP contribution in [0.4, 0.5) is 4.39 Å². The topological polar surface area (TPSA) is 87.7 Å². The van der Waals surface area contributed by atoms with E-state index in [2.05, 4.69) is 19.9 Å².